The lowest BCUT2D eigenvalue weighted by Gasteiger charge is -2.37. The summed E-state index contributed by atoms with van der Waals surface area (Å²) in [5, 5.41) is 5.69. The molecule has 1 aliphatic carbocycles. The average Bonchev–Trinajstić information content (AvgIpc) is 2.81. The molecule has 0 spiro atoms. The van der Waals surface area contributed by atoms with E-state index >= 15 is 0 Å². The number of nitrogens with one attached hydrogen (secondary N) is 2. The number of hydrogen-bond donors (Lipinski definition) is 2. The molecule has 6 nitrogen and oxygen atoms in total. The monoisotopic (exact) mass is 365 g/mol. The van der Waals surface area contributed by atoms with Crippen molar-refractivity contribution >= 4 is 17.7 Å². The Labute approximate surface area is 157 Å². The second-order valence-corrected chi connectivity index (χ2v) is 10.6. The van der Waals surface area contributed by atoms with Crippen LogP contribution >= 0.6 is 0 Å². The minimum atomic E-state index is -0.688. The van der Waals surface area contributed by atoms with Crippen molar-refractivity contribution in [3.05, 3.63) is 0 Å². The lowest BCUT2D eigenvalue weighted by Crippen LogP contribution is -2.60. The molecule has 0 unspecified atom stereocenters. The molecule has 1 heterocycles. The molecule has 0 aromatic carbocycles. The van der Waals surface area contributed by atoms with E-state index < -0.39 is 17.0 Å². The van der Waals surface area contributed by atoms with Crippen LogP contribution in [-0.2, 0) is 9.59 Å². The first kappa shape index (κ1) is 20.7. The molecule has 2 aliphatic rings. The summed E-state index contributed by atoms with van der Waals surface area (Å²) in [6.45, 7) is 17.9. The molecule has 4 atom stereocenters. The number of likely N-dealkylation sites (tertiary alicyclic amines) is 1. The molecule has 2 rings (SSSR count). The van der Waals surface area contributed by atoms with Crippen LogP contribution in [0.3, 0.4) is 0 Å². The Kier molecular flexibility index (Phi) is 4.97. The van der Waals surface area contributed by atoms with Crippen molar-refractivity contribution in [2.45, 2.75) is 79.9 Å². The van der Waals surface area contributed by atoms with Crippen molar-refractivity contribution in [2.75, 3.05) is 6.54 Å². The first-order valence-corrected chi connectivity index (χ1v) is 9.47. The Bertz CT molecular complexity index is 613. The van der Waals surface area contributed by atoms with Gasteiger partial charge in [-0.25, -0.2) is 4.79 Å². The van der Waals surface area contributed by atoms with Crippen LogP contribution in [0, 0.1) is 22.7 Å². The van der Waals surface area contributed by atoms with Crippen molar-refractivity contribution in [3.8, 4) is 0 Å². The number of piperidine rings is 1. The molecule has 3 amide bonds. The predicted molar refractivity (Wildman–Crippen MR) is 102 cm³/mol. The van der Waals surface area contributed by atoms with Gasteiger partial charge in [0.15, 0.2) is 5.78 Å². The van der Waals surface area contributed by atoms with E-state index in [-0.39, 0.29) is 35.1 Å². The van der Waals surface area contributed by atoms with Crippen LogP contribution in [0.5, 0.6) is 0 Å². The highest BCUT2D eigenvalue weighted by molar-refractivity contribution is 5.93. The molecule has 26 heavy (non-hydrogen) atoms. The Balaban J connectivity index is 2.20. The molecule has 0 radical (unpaired) electrons. The van der Waals surface area contributed by atoms with Crippen LogP contribution in [0.25, 0.3) is 0 Å². The smallest absolute Gasteiger partial charge is 0.315 e. The van der Waals surface area contributed by atoms with Gasteiger partial charge in [0.1, 0.15) is 6.04 Å². The third-order valence-corrected chi connectivity index (χ3v) is 5.79. The summed E-state index contributed by atoms with van der Waals surface area (Å²) in [7, 11) is 0. The van der Waals surface area contributed by atoms with Gasteiger partial charge in [-0.2, -0.15) is 0 Å². The first-order chi connectivity index (χ1) is 11.6. The van der Waals surface area contributed by atoms with Crippen molar-refractivity contribution in [3.63, 3.8) is 0 Å². The maximum atomic E-state index is 13.3. The number of amides is 3. The van der Waals surface area contributed by atoms with Gasteiger partial charge in [0.25, 0.3) is 0 Å². The Morgan fingerprint density at radius 1 is 1.08 bits per heavy atom. The normalized spacial score (nSPS) is 28.2. The van der Waals surface area contributed by atoms with Crippen LogP contribution in [0.4, 0.5) is 4.79 Å². The molecular weight excluding hydrogens is 330 g/mol. The molecule has 1 saturated heterocycles. The van der Waals surface area contributed by atoms with Gasteiger partial charge in [-0.3, -0.25) is 9.59 Å². The maximum Gasteiger partial charge on any atom is 0.315 e. The third-order valence-electron chi connectivity index (χ3n) is 5.79. The lowest BCUT2D eigenvalue weighted by atomic mass is 9.85. The number of ketones is 1. The summed E-state index contributed by atoms with van der Waals surface area (Å²) in [6, 6.07) is -1.43. The minimum absolute atomic E-state index is 0.0308. The standard InChI is InChI=1S/C20H35N3O3/c1-11(24)14-13-12(20(13,8)9)10-23(14)16(25)15(18(2,3)4)21-17(26)22-19(5,6)7/h12-15H,10H2,1-9H3,(H2,21,22,26)/t12-,13-,14+,15+/m0/s1. The number of urea groups is 1. The van der Waals surface area contributed by atoms with E-state index in [9.17, 15) is 14.4 Å². The van der Waals surface area contributed by atoms with Gasteiger partial charge in [-0.15, -0.1) is 0 Å². The van der Waals surface area contributed by atoms with E-state index in [0.29, 0.717) is 12.5 Å². The molecule has 148 valence electrons. The summed E-state index contributed by atoms with van der Waals surface area (Å²) in [6.07, 6.45) is 0. The largest absolute Gasteiger partial charge is 0.334 e. The fraction of sp³-hybridized carbons (Fsp3) is 0.850. The van der Waals surface area contributed by atoms with Crippen LogP contribution in [0.1, 0.15) is 62.3 Å². The molecule has 1 aliphatic heterocycles. The highest BCUT2D eigenvalue weighted by Crippen LogP contribution is 2.65. The number of Topliss-reactive ketones (excluding diaryl/α,β-unsaturated/α-hetero) is 1. The molecule has 2 fully saturated rings. The Hall–Kier alpha value is -1.59. The number of rotatable bonds is 3. The molecular formula is C20H35N3O3. The van der Waals surface area contributed by atoms with Gasteiger partial charge in [-0.1, -0.05) is 34.6 Å². The van der Waals surface area contributed by atoms with E-state index in [1.165, 1.54) is 0 Å². The van der Waals surface area contributed by atoms with Gasteiger partial charge >= 0.3 is 6.03 Å². The zero-order chi connectivity index (χ0) is 20.2. The molecule has 0 bridgehead atoms. The molecule has 0 aromatic heterocycles. The number of hydrogen-bond acceptors (Lipinski definition) is 3. The van der Waals surface area contributed by atoms with Gasteiger partial charge in [0.05, 0.1) is 6.04 Å². The highest BCUT2D eigenvalue weighted by Gasteiger charge is 2.69. The second kappa shape index (κ2) is 6.24. The van der Waals surface area contributed by atoms with Gasteiger partial charge in [0, 0.05) is 12.1 Å². The highest BCUT2D eigenvalue weighted by atomic mass is 16.2. The van der Waals surface area contributed by atoms with Crippen molar-refractivity contribution in [1.82, 2.24) is 15.5 Å². The van der Waals surface area contributed by atoms with Crippen LogP contribution < -0.4 is 10.6 Å². The number of carbonyl (C=O) groups is 3. The second-order valence-electron chi connectivity index (χ2n) is 10.6. The quantitative estimate of drug-likeness (QED) is 0.807. The van der Waals surface area contributed by atoms with Gasteiger partial charge in [0.2, 0.25) is 5.91 Å². The maximum absolute atomic E-state index is 13.3. The summed E-state index contributed by atoms with van der Waals surface area (Å²) in [5.41, 5.74) is -0.742. The zero-order valence-corrected chi connectivity index (χ0v) is 17.7. The lowest BCUT2D eigenvalue weighted by molar-refractivity contribution is -0.142. The Morgan fingerprint density at radius 2 is 1.62 bits per heavy atom. The molecule has 0 aromatic rings. The van der Waals surface area contributed by atoms with E-state index in [1.54, 1.807) is 11.8 Å². The van der Waals surface area contributed by atoms with Crippen LogP contribution in [0.15, 0.2) is 0 Å². The number of nitrogens with zero attached hydrogens (tertiary/aromatic N) is 1. The number of carbonyl (C=O) groups excluding carboxylic acids is 3. The molecule has 1 saturated carbocycles. The van der Waals surface area contributed by atoms with Crippen LogP contribution in [0.2, 0.25) is 0 Å². The zero-order valence-electron chi connectivity index (χ0n) is 17.7. The van der Waals surface area contributed by atoms with E-state index in [4.69, 9.17) is 0 Å². The first-order valence-electron chi connectivity index (χ1n) is 9.47. The van der Waals surface area contributed by atoms with E-state index in [2.05, 4.69) is 24.5 Å². The predicted octanol–water partition coefficient (Wildman–Crippen LogP) is 2.57. The molecule has 2 N–H and O–H groups in total. The summed E-state index contributed by atoms with van der Waals surface area (Å²) in [5.74, 6) is 0.463. The minimum Gasteiger partial charge on any atom is -0.334 e. The topological polar surface area (TPSA) is 78.5 Å². The van der Waals surface area contributed by atoms with E-state index in [0.717, 1.165) is 0 Å². The van der Waals surface area contributed by atoms with Crippen molar-refractivity contribution in [1.29, 1.82) is 0 Å². The van der Waals surface area contributed by atoms with Gasteiger partial charge < -0.3 is 15.5 Å². The third kappa shape index (κ3) is 3.89. The van der Waals surface area contributed by atoms with Gasteiger partial charge in [-0.05, 0) is 50.4 Å². The average molecular weight is 366 g/mol. The number of fused-ring (bicyclic) bond motifs is 1. The summed E-state index contributed by atoms with van der Waals surface area (Å²) >= 11 is 0. The van der Waals surface area contributed by atoms with Crippen molar-refractivity contribution < 1.29 is 14.4 Å². The summed E-state index contributed by atoms with van der Waals surface area (Å²) in [4.78, 5) is 39.7. The van der Waals surface area contributed by atoms with Crippen molar-refractivity contribution in [2.24, 2.45) is 22.7 Å². The summed E-state index contributed by atoms with van der Waals surface area (Å²) < 4.78 is 0. The van der Waals surface area contributed by atoms with E-state index in [1.807, 2.05) is 41.5 Å². The fourth-order valence-corrected chi connectivity index (χ4v) is 4.30. The van der Waals surface area contributed by atoms with Crippen LogP contribution in [-0.4, -0.2) is 46.8 Å². The Morgan fingerprint density at radius 3 is 2.04 bits per heavy atom. The fourth-order valence-electron chi connectivity index (χ4n) is 4.30. The SMILES string of the molecule is CC(=O)[C@@H]1[C@@H]2[C@H](CN1C(=O)[C@@H](NC(=O)NC(C)(C)C)C(C)(C)C)C2(C)C. The molecule has 6 heteroatoms.